The Morgan fingerprint density at radius 2 is 1.68 bits per heavy atom. The van der Waals surface area contributed by atoms with Crippen LogP contribution in [0.15, 0.2) is 84.0 Å². The Bertz CT molecular complexity index is 928. The third-order valence-electron chi connectivity index (χ3n) is 3.75. The molecule has 0 saturated carbocycles. The van der Waals surface area contributed by atoms with Crippen molar-refractivity contribution in [3.8, 4) is 5.75 Å². The Hall–Kier alpha value is -3.31. The molecular weight excluding hydrogens is 376 g/mol. The van der Waals surface area contributed by atoms with Gasteiger partial charge in [0, 0.05) is 16.3 Å². The van der Waals surface area contributed by atoms with Crippen LogP contribution in [0, 0.1) is 0 Å². The molecular formula is C22H19ClN2O3. The summed E-state index contributed by atoms with van der Waals surface area (Å²) in [6.07, 6.45) is 1.52. The fourth-order valence-electron chi connectivity index (χ4n) is 2.37. The first-order valence-electron chi connectivity index (χ1n) is 8.67. The highest BCUT2D eigenvalue weighted by atomic mass is 35.5. The Labute approximate surface area is 168 Å². The lowest BCUT2D eigenvalue weighted by molar-refractivity contribution is -0.120. The van der Waals surface area contributed by atoms with Crippen molar-refractivity contribution in [1.29, 1.82) is 0 Å². The van der Waals surface area contributed by atoms with Crippen molar-refractivity contribution < 1.29 is 14.4 Å². The fourth-order valence-corrected chi connectivity index (χ4v) is 2.49. The number of hydrogen-bond donors (Lipinski definition) is 1. The van der Waals surface area contributed by atoms with E-state index in [1.54, 1.807) is 12.1 Å². The molecule has 0 bridgehead atoms. The zero-order chi connectivity index (χ0) is 19.6. The molecule has 0 heterocycles. The summed E-state index contributed by atoms with van der Waals surface area (Å²) in [5, 5.41) is 7.27. The maximum atomic E-state index is 11.8. The summed E-state index contributed by atoms with van der Waals surface area (Å²) in [6.45, 7) is 0.224. The molecule has 0 unspecified atom stereocenters. The zero-order valence-electron chi connectivity index (χ0n) is 15.0. The van der Waals surface area contributed by atoms with Gasteiger partial charge in [-0.3, -0.25) is 4.79 Å². The van der Waals surface area contributed by atoms with E-state index in [0.717, 1.165) is 11.1 Å². The van der Waals surface area contributed by atoms with E-state index < -0.39 is 0 Å². The van der Waals surface area contributed by atoms with Crippen LogP contribution < -0.4 is 10.1 Å². The van der Waals surface area contributed by atoms with Crippen LogP contribution in [0.2, 0.25) is 5.02 Å². The Morgan fingerprint density at radius 3 is 2.46 bits per heavy atom. The highest BCUT2D eigenvalue weighted by Crippen LogP contribution is 2.18. The average molecular weight is 395 g/mol. The molecule has 0 fully saturated rings. The number of rotatable bonds is 8. The molecule has 5 nitrogen and oxygen atoms in total. The number of carbonyl (C=O) groups is 1. The molecule has 0 saturated heterocycles. The van der Waals surface area contributed by atoms with Gasteiger partial charge in [0.1, 0.15) is 12.4 Å². The van der Waals surface area contributed by atoms with Gasteiger partial charge in [0.25, 0.3) is 5.91 Å². The monoisotopic (exact) mass is 394 g/mol. The second kappa shape index (κ2) is 10.1. The van der Waals surface area contributed by atoms with Gasteiger partial charge in [0.05, 0.1) is 6.21 Å². The molecule has 0 aliphatic carbocycles. The summed E-state index contributed by atoms with van der Waals surface area (Å²) in [5.41, 5.74) is 2.46. The molecule has 0 aromatic heterocycles. The van der Waals surface area contributed by atoms with Crippen molar-refractivity contribution in [2.75, 3.05) is 11.9 Å². The summed E-state index contributed by atoms with van der Waals surface area (Å²) in [6, 6.07) is 24.1. The predicted octanol–water partition coefficient (Wildman–Crippen LogP) is 4.91. The largest absolute Gasteiger partial charge is 0.488 e. The predicted molar refractivity (Wildman–Crippen MR) is 111 cm³/mol. The molecule has 3 aromatic rings. The lowest BCUT2D eigenvalue weighted by Gasteiger charge is -2.09. The van der Waals surface area contributed by atoms with Crippen LogP contribution in [0.5, 0.6) is 5.75 Å². The average Bonchev–Trinajstić information content (AvgIpc) is 2.72. The minimum absolute atomic E-state index is 0.181. The van der Waals surface area contributed by atoms with Crippen LogP contribution >= 0.6 is 11.6 Å². The number of carbonyl (C=O) groups excluding carboxylic acids is 1. The molecule has 3 aromatic carbocycles. The van der Waals surface area contributed by atoms with Crippen molar-refractivity contribution in [1.82, 2.24) is 0 Å². The lowest BCUT2D eigenvalue weighted by atomic mass is 10.2. The number of ether oxygens (including phenoxy) is 1. The number of para-hydroxylation sites is 2. The van der Waals surface area contributed by atoms with Gasteiger partial charge >= 0.3 is 0 Å². The van der Waals surface area contributed by atoms with E-state index in [0.29, 0.717) is 23.1 Å². The standard InChI is InChI=1S/C22H19ClN2O3/c23-19-12-10-17(11-13-19)15-27-21-9-5-4-6-18(21)14-24-28-16-22(26)25-20-7-2-1-3-8-20/h1-14H,15-16H2,(H,25,26)/b24-14+. The van der Waals surface area contributed by atoms with Crippen molar-refractivity contribution in [3.05, 3.63) is 95.0 Å². The molecule has 1 amide bonds. The minimum atomic E-state index is -0.282. The lowest BCUT2D eigenvalue weighted by Crippen LogP contribution is -2.16. The van der Waals surface area contributed by atoms with Gasteiger partial charge in [0.2, 0.25) is 0 Å². The molecule has 0 aliphatic heterocycles. The van der Waals surface area contributed by atoms with E-state index in [9.17, 15) is 4.79 Å². The highest BCUT2D eigenvalue weighted by Gasteiger charge is 2.04. The maximum absolute atomic E-state index is 11.8. The van der Waals surface area contributed by atoms with Crippen LogP contribution in [-0.4, -0.2) is 18.7 Å². The second-order valence-electron chi connectivity index (χ2n) is 5.88. The first-order chi connectivity index (χ1) is 13.7. The minimum Gasteiger partial charge on any atom is -0.488 e. The van der Waals surface area contributed by atoms with E-state index >= 15 is 0 Å². The van der Waals surface area contributed by atoms with Crippen LogP contribution in [0.4, 0.5) is 5.69 Å². The van der Waals surface area contributed by atoms with Crippen molar-refractivity contribution >= 4 is 29.4 Å². The fraction of sp³-hybridized carbons (Fsp3) is 0.0909. The smallest absolute Gasteiger partial charge is 0.265 e. The molecule has 0 atom stereocenters. The number of benzene rings is 3. The van der Waals surface area contributed by atoms with E-state index in [2.05, 4.69) is 10.5 Å². The van der Waals surface area contributed by atoms with E-state index in [1.807, 2.05) is 66.7 Å². The van der Waals surface area contributed by atoms with Gasteiger partial charge in [-0.2, -0.15) is 0 Å². The molecule has 142 valence electrons. The number of halogens is 1. The molecule has 0 aliphatic rings. The third kappa shape index (κ3) is 6.14. The molecule has 3 rings (SSSR count). The molecule has 0 radical (unpaired) electrons. The Morgan fingerprint density at radius 1 is 0.964 bits per heavy atom. The topological polar surface area (TPSA) is 59.9 Å². The molecule has 28 heavy (non-hydrogen) atoms. The van der Waals surface area contributed by atoms with Crippen molar-refractivity contribution in [3.63, 3.8) is 0 Å². The van der Waals surface area contributed by atoms with E-state index in [-0.39, 0.29) is 12.5 Å². The van der Waals surface area contributed by atoms with Crippen LogP contribution in [0.3, 0.4) is 0 Å². The third-order valence-corrected chi connectivity index (χ3v) is 4.00. The van der Waals surface area contributed by atoms with Crippen molar-refractivity contribution in [2.45, 2.75) is 6.61 Å². The second-order valence-corrected chi connectivity index (χ2v) is 6.31. The first kappa shape index (κ1) is 19.5. The van der Waals surface area contributed by atoms with Gasteiger partial charge in [-0.25, -0.2) is 0 Å². The van der Waals surface area contributed by atoms with Gasteiger partial charge in [-0.1, -0.05) is 59.2 Å². The summed E-state index contributed by atoms with van der Waals surface area (Å²) in [4.78, 5) is 16.9. The van der Waals surface area contributed by atoms with Gasteiger partial charge in [-0.15, -0.1) is 0 Å². The number of nitrogens with one attached hydrogen (secondary N) is 1. The Kier molecular flexibility index (Phi) is 7.04. The highest BCUT2D eigenvalue weighted by molar-refractivity contribution is 6.30. The molecule has 1 N–H and O–H groups in total. The normalized spacial score (nSPS) is 10.6. The van der Waals surface area contributed by atoms with Crippen LogP contribution in [0.1, 0.15) is 11.1 Å². The number of anilines is 1. The molecule has 6 heteroatoms. The van der Waals surface area contributed by atoms with Crippen molar-refractivity contribution in [2.24, 2.45) is 5.16 Å². The SMILES string of the molecule is O=C(CO/N=C/c1ccccc1OCc1ccc(Cl)cc1)Nc1ccccc1. The van der Waals surface area contributed by atoms with Crippen LogP contribution in [-0.2, 0) is 16.2 Å². The first-order valence-corrected chi connectivity index (χ1v) is 9.05. The summed E-state index contributed by atoms with van der Waals surface area (Å²) < 4.78 is 5.85. The molecule has 0 spiro atoms. The van der Waals surface area contributed by atoms with E-state index in [4.69, 9.17) is 21.2 Å². The summed E-state index contributed by atoms with van der Waals surface area (Å²) in [5.74, 6) is 0.383. The number of nitrogens with zero attached hydrogens (tertiary/aromatic N) is 1. The van der Waals surface area contributed by atoms with E-state index in [1.165, 1.54) is 6.21 Å². The van der Waals surface area contributed by atoms with Gasteiger partial charge in [-0.05, 0) is 42.0 Å². The number of oxime groups is 1. The summed E-state index contributed by atoms with van der Waals surface area (Å²) in [7, 11) is 0. The number of hydrogen-bond acceptors (Lipinski definition) is 4. The Balaban J connectivity index is 1.51. The summed E-state index contributed by atoms with van der Waals surface area (Å²) >= 11 is 5.89. The zero-order valence-corrected chi connectivity index (χ0v) is 15.8. The number of amides is 1. The maximum Gasteiger partial charge on any atom is 0.265 e. The quantitative estimate of drug-likeness (QED) is 0.436. The van der Waals surface area contributed by atoms with Gasteiger partial charge < -0.3 is 14.9 Å². The van der Waals surface area contributed by atoms with Crippen LogP contribution in [0.25, 0.3) is 0 Å². The van der Waals surface area contributed by atoms with Gasteiger partial charge in [0.15, 0.2) is 6.61 Å².